The van der Waals surface area contributed by atoms with Gasteiger partial charge in [-0.05, 0) is 12.2 Å². The number of ether oxygens (including phenoxy) is 2. The highest BCUT2D eigenvalue weighted by atomic mass is 32.1. The van der Waals surface area contributed by atoms with E-state index < -0.39 is 0 Å². The minimum absolute atomic E-state index is 0.265. The third kappa shape index (κ3) is 2.50. The van der Waals surface area contributed by atoms with E-state index in [0.717, 1.165) is 12.2 Å². The zero-order valence-electron chi connectivity index (χ0n) is 7.10. The second kappa shape index (κ2) is 3.85. The summed E-state index contributed by atoms with van der Waals surface area (Å²) >= 11 is 5.09. The van der Waals surface area contributed by atoms with Crippen LogP contribution in [0.25, 0.3) is 0 Å². The van der Waals surface area contributed by atoms with E-state index in [2.05, 4.69) is 0 Å². The summed E-state index contributed by atoms with van der Waals surface area (Å²) in [5.74, 6) is 0. The van der Waals surface area contributed by atoms with Gasteiger partial charge in [0.2, 0.25) is 0 Å². The van der Waals surface area contributed by atoms with Crippen LogP contribution in [0, 0.1) is 0 Å². The molecular weight excluding hydrogens is 184 g/mol. The quantitative estimate of drug-likeness (QED) is 0.541. The maximum atomic E-state index is 5.36. The molecule has 1 fully saturated rings. The van der Waals surface area contributed by atoms with E-state index in [0.29, 0.717) is 11.7 Å². The molecule has 68 valence electrons. The Kier molecular flexibility index (Phi) is 2.57. The zero-order chi connectivity index (χ0) is 9.10. The maximum absolute atomic E-state index is 5.36. The smallest absolute Gasteiger partial charge is 0.191 e. The highest BCUT2D eigenvalue weighted by molar-refractivity contribution is 7.80. The Morgan fingerprint density at radius 2 is 2.15 bits per heavy atom. The zero-order valence-corrected chi connectivity index (χ0v) is 7.92. The molecule has 0 radical (unpaired) electrons. The van der Waals surface area contributed by atoms with Crippen LogP contribution in [0.5, 0.6) is 0 Å². The summed E-state index contributed by atoms with van der Waals surface area (Å²) in [5.41, 5.74) is 0.957. The lowest BCUT2D eigenvalue weighted by molar-refractivity contribution is 0.259. The summed E-state index contributed by atoms with van der Waals surface area (Å²) in [4.78, 5) is 0. The largest absolute Gasteiger partial charge is 0.480 e. The van der Waals surface area contributed by atoms with Crippen molar-refractivity contribution in [3.8, 4) is 0 Å². The molecule has 0 bridgehead atoms. The number of benzene rings is 1. The summed E-state index contributed by atoms with van der Waals surface area (Å²) in [7, 11) is 0. The molecule has 1 aliphatic heterocycles. The standard InChI is InChI=1S/C10H10O2S/c13-10(12-7-9-6-11-9)8-4-2-1-3-5-8/h1-5,9H,6-7H2. The van der Waals surface area contributed by atoms with Gasteiger partial charge < -0.3 is 9.47 Å². The fourth-order valence-electron chi connectivity index (χ4n) is 0.990. The van der Waals surface area contributed by atoms with Crippen LogP contribution in [-0.2, 0) is 9.47 Å². The second-order valence-corrected chi connectivity index (χ2v) is 3.29. The molecule has 1 aromatic carbocycles. The molecule has 0 N–H and O–H groups in total. The van der Waals surface area contributed by atoms with Crippen molar-refractivity contribution in [3.05, 3.63) is 35.9 Å². The fourth-order valence-corrected chi connectivity index (χ4v) is 1.19. The van der Waals surface area contributed by atoms with Crippen LogP contribution in [0.15, 0.2) is 30.3 Å². The second-order valence-electron chi connectivity index (χ2n) is 2.92. The highest BCUT2D eigenvalue weighted by Crippen LogP contribution is 2.10. The molecule has 0 aliphatic carbocycles. The number of hydrogen-bond donors (Lipinski definition) is 0. The van der Waals surface area contributed by atoms with Crippen molar-refractivity contribution in [3.63, 3.8) is 0 Å². The molecule has 0 spiro atoms. The minimum atomic E-state index is 0.265. The van der Waals surface area contributed by atoms with E-state index in [1.54, 1.807) is 0 Å². The Morgan fingerprint density at radius 3 is 2.77 bits per heavy atom. The van der Waals surface area contributed by atoms with Crippen LogP contribution < -0.4 is 0 Å². The Hall–Kier alpha value is -0.930. The van der Waals surface area contributed by atoms with Crippen molar-refractivity contribution in [1.82, 2.24) is 0 Å². The minimum Gasteiger partial charge on any atom is -0.480 e. The average Bonchev–Trinajstić information content (AvgIpc) is 2.99. The number of epoxide rings is 1. The van der Waals surface area contributed by atoms with Crippen molar-refractivity contribution in [1.29, 1.82) is 0 Å². The molecule has 2 rings (SSSR count). The van der Waals surface area contributed by atoms with Gasteiger partial charge in [0.1, 0.15) is 12.7 Å². The molecule has 3 heteroatoms. The fraction of sp³-hybridized carbons (Fsp3) is 0.300. The summed E-state index contributed by atoms with van der Waals surface area (Å²) in [6.07, 6.45) is 0.265. The highest BCUT2D eigenvalue weighted by Gasteiger charge is 2.23. The van der Waals surface area contributed by atoms with E-state index in [9.17, 15) is 0 Å². The van der Waals surface area contributed by atoms with E-state index in [4.69, 9.17) is 21.7 Å². The molecule has 0 amide bonds. The lowest BCUT2D eigenvalue weighted by Gasteiger charge is -2.04. The predicted molar refractivity (Wildman–Crippen MR) is 53.8 cm³/mol. The summed E-state index contributed by atoms with van der Waals surface area (Å²) in [6.45, 7) is 1.38. The van der Waals surface area contributed by atoms with Crippen LogP contribution in [0.3, 0.4) is 0 Å². The third-order valence-corrected chi connectivity index (χ3v) is 2.17. The summed E-state index contributed by atoms with van der Waals surface area (Å²) < 4.78 is 10.4. The lowest BCUT2D eigenvalue weighted by Crippen LogP contribution is -2.08. The lowest BCUT2D eigenvalue weighted by atomic mass is 10.2. The molecule has 0 aromatic heterocycles. The van der Waals surface area contributed by atoms with Gasteiger partial charge in [0, 0.05) is 5.56 Å². The first-order chi connectivity index (χ1) is 6.36. The van der Waals surface area contributed by atoms with Gasteiger partial charge in [-0.15, -0.1) is 0 Å². The molecule has 1 aliphatic rings. The predicted octanol–water partition coefficient (Wildman–Crippen LogP) is 1.78. The SMILES string of the molecule is S=C(OCC1CO1)c1ccccc1. The van der Waals surface area contributed by atoms with Gasteiger partial charge in [0.15, 0.2) is 5.05 Å². The van der Waals surface area contributed by atoms with Crippen LogP contribution in [0.1, 0.15) is 5.56 Å². The van der Waals surface area contributed by atoms with E-state index in [1.807, 2.05) is 30.3 Å². The van der Waals surface area contributed by atoms with E-state index in [1.165, 1.54) is 0 Å². The molecule has 1 heterocycles. The van der Waals surface area contributed by atoms with Gasteiger partial charge in [0.25, 0.3) is 0 Å². The molecule has 1 unspecified atom stereocenters. The van der Waals surface area contributed by atoms with Crippen molar-refractivity contribution in [2.75, 3.05) is 13.2 Å². The van der Waals surface area contributed by atoms with Crippen LogP contribution in [0.4, 0.5) is 0 Å². The monoisotopic (exact) mass is 194 g/mol. The Labute approximate surface area is 82.5 Å². The molecule has 1 saturated heterocycles. The Bertz CT molecular complexity index is 293. The number of thiocarbonyl (C=S) groups is 1. The van der Waals surface area contributed by atoms with E-state index >= 15 is 0 Å². The van der Waals surface area contributed by atoms with Crippen molar-refractivity contribution in [2.45, 2.75) is 6.10 Å². The van der Waals surface area contributed by atoms with Crippen LogP contribution in [0.2, 0.25) is 0 Å². The topological polar surface area (TPSA) is 21.8 Å². The molecule has 0 saturated carbocycles. The van der Waals surface area contributed by atoms with Gasteiger partial charge in [-0.25, -0.2) is 0 Å². The van der Waals surface area contributed by atoms with Gasteiger partial charge in [0.05, 0.1) is 6.61 Å². The van der Waals surface area contributed by atoms with Gasteiger partial charge in [-0.1, -0.05) is 30.3 Å². The first-order valence-electron chi connectivity index (χ1n) is 4.20. The van der Waals surface area contributed by atoms with Crippen LogP contribution >= 0.6 is 12.2 Å². The first-order valence-corrected chi connectivity index (χ1v) is 4.61. The third-order valence-electron chi connectivity index (χ3n) is 1.81. The molecule has 1 aromatic rings. The molecular formula is C10H10O2S. The van der Waals surface area contributed by atoms with Crippen molar-refractivity contribution < 1.29 is 9.47 Å². The number of hydrogen-bond acceptors (Lipinski definition) is 3. The summed E-state index contributed by atoms with van der Waals surface area (Å²) in [5, 5.41) is 0.552. The normalized spacial score (nSPS) is 19.5. The first kappa shape index (κ1) is 8.66. The van der Waals surface area contributed by atoms with Crippen molar-refractivity contribution >= 4 is 17.3 Å². The van der Waals surface area contributed by atoms with Gasteiger partial charge >= 0.3 is 0 Å². The Balaban J connectivity index is 1.89. The molecule has 2 nitrogen and oxygen atoms in total. The summed E-state index contributed by atoms with van der Waals surface area (Å²) in [6, 6.07) is 9.72. The van der Waals surface area contributed by atoms with Crippen LogP contribution in [-0.4, -0.2) is 24.4 Å². The average molecular weight is 194 g/mol. The Morgan fingerprint density at radius 1 is 1.46 bits per heavy atom. The van der Waals surface area contributed by atoms with E-state index in [-0.39, 0.29) is 6.10 Å². The maximum Gasteiger partial charge on any atom is 0.191 e. The number of rotatable bonds is 3. The van der Waals surface area contributed by atoms with Gasteiger partial charge in [-0.3, -0.25) is 0 Å². The van der Waals surface area contributed by atoms with Gasteiger partial charge in [-0.2, -0.15) is 0 Å². The molecule has 1 atom stereocenters. The van der Waals surface area contributed by atoms with Crippen molar-refractivity contribution in [2.24, 2.45) is 0 Å². The molecule has 13 heavy (non-hydrogen) atoms.